The molecule has 0 N–H and O–H groups in total. The molecule has 2 radical (unpaired) electrons. The molecule has 0 amide bonds. The molecule has 0 saturated carbocycles. The predicted molar refractivity (Wildman–Crippen MR) is 507 cm³/mol. The van der Waals surface area contributed by atoms with Crippen LogP contribution in [-0.2, 0) is 53.0 Å². The van der Waals surface area contributed by atoms with Crippen LogP contribution in [-0.4, -0.2) is 171 Å². The lowest BCUT2D eigenvalue weighted by molar-refractivity contribution is 0.380. The smallest absolute Gasteiger partial charge is 0.340 e. The Labute approximate surface area is 646 Å². The Morgan fingerprint density at radius 3 is 0.939 bits per heavy atom. The summed E-state index contributed by atoms with van der Waals surface area (Å²) in [5.74, 6) is 0. The van der Waals surface area contributed by atoms with Crippen LogP contribution in [0.25, 0.3) is 0 Å². The van der Waals surface area contributed by atoms with Gasteiger partial charge >= 0.3 is 42.8 Å². The average molecular weight is 1720 g/mol. The summed E-state index contributed by atoms with van der Waals surface area (Å²) in [6, 6.07) is 36.1. The molecule has 0 fully saturated rings. The Balaban J connectivity index is -0.000000211. The zero-order chi connectivity index (χ0) is 77.9. The third kappa shape index (κ3) is 68.2. The van der Waals surface area contributed by atoms with E-state index >= 15 is 0 Å². The van der Waals surface area contributed by atoms with Gasteiger partial charge in [-0.15, -0.1) is 15.8 Å². The van der Waals surface area contributed by atoms with Crippen LogP contribution in [0.15, 0.2) is 115 Å². The SMILES string of the molecule is C.C.C=C[Si](C)(O[Si](C)(C)C)O[Si](C)(C)C.CC([SiH2]c1ccccc1)[Si](C)(O[Si](C)(C)C)O[Si](C)(C)C.CC[Si](C)(O[Si](C)(C)C)O[Si](C)(C)C.CP.C[Si](C)(C)O[Si](C)(/C=C/[SiH2]c1ccccc1)O[Si](C)(C)C.C[Si](C)(C)O[Si](C)(CC[SiH2]c1ccccc1)O[Si](C)(C)C.P=S.[2H][B]. The zero-order valence-electron chi connectivity index (χ0n) is 70.1. The lowest BCUT2D eigenvalue weighted by Crippen LogP contribution is -2.56. The molecule has 2 unspecified atom stereocenters. The Kier molecular flexibility index (Phi) is 56.0. The second-order valence-electron chi connectivity index (χ2n) is 35.0. The topological polar surface area (TPSA) is 92.3 Å². The summed E-state index contributed by atoms with van der Waals surface area (Å²) < 4.78 is 69.3. The summed E-state index contributed by atoms with van der Waals surface area (Å²) in [6.07, 6.45) is 0. The second kappa shape index (κ2) is 49.7. The molecule has 0 aliphatic carbocycles. The highest BCUT2D eigenvalue weighted by Gasteiger charge is 2.46. The van der Waals surface area contributed by atoms with Crippen molar-refractivity contribution in [3.63, 3.8) is 0 Å². The maximum Gasteiger partial charge on any atom is 0.340 e. The largest absolute Gasteiger partial charge is 0.437 e. The maximum absolute atomic E-state index is 6.66. The predicted octanol–water partition coefficient (Wildman–Crippen LogP) is 19.6. The van der Waals surface area contributed by atoms with E-state index in [9.17, 15) is 0 Å². The molecule has 98 heavy (non-hydrogen) atoms. The first-order chi connectivity index (χ1) is 43.3. The summed E-state index contributed by atoms with van der Waals surface area (Å²) in [5, 5.41) is 5.13. The summed E-state index contributed by atoms with van der Waals surface area (Å²) in [4.78, 5) is 0. The third-order valence-corrected chi connectivity index (χ3v) is 67.8. The molecule has 0 aliphatic rings. The van der Waals surface area contributed by atoms with Gasteiger partial charge in [0.1, 0.15) is 0 Å². The van der Waals surface area contributed by atoms with Crippen LogP contribution in [0.4, 0.5) is 0 Å². The van der Waals surface area contributed by atoms with Crippen LogP contribution >= 0.6 is 17.3 Å². The second-order valence-corrected chi connectivity index (χ2v) is 106. The third-order valence-electron chi connectivity index (χ3n) is 12.0. The molecule has 32 heteroatoms. The number of benzene rings is 3. The van der Waals surface area contributed by atoms with E-state index in [4.69, 9.17) is 42.5 Å². The summed E-state index contributed by atoms with van der Waals surface area (Å²) >= 11 is 3.89. The minimum Gasteiger partial charge on any atom is -0.437 e. The molecule has 0 aliphatic heterocycles. The van der Waals surface area contributed by atoms with Crippen LogP contribution in [0, 0.1) is 0 Å². The molecule has 0 aromatic heterocycles. The van der Waals surface area contributed by atoms with Gasteiger partial charge in [-0.25, -0.2) is 0 Å². The molecule has 3 rings (SSSR count). The fourth-order valence-corrected chi connectivity index (χ4v) is 80.0. The van der Waals surface area contributed by atoms with E-state index in [0.29, 0.717) is 5.16 Å². The van der Waals surface area contributed by atoms with Gasteiger partial charge in [-0.2, -0.15) is 0 Å². The van der Waals surface area contributed by atoms with Gasteiger partial charge in [0.2, 0.25) is 0 Å². The van der Waals surface area contributed by atoms with E-state index in [2.05, 4.69) is 389 Å². The van der Waals surface area contributed by atoms with Gasteiger partial charge in [0.15, 0.2) is 83.2 Å². The Bertz CT molecular complexity index is 2460. The lowest BCUT2D eigenvalue weighted by Gasteiger charge is -2.42. The van der Waals surface area contributed by atoms with Crippen molar-refractivity contribution in [2.45, 2.75) is 281 Å². The first kappa shape index (κ1) is 111. The van der Waals surface area contributed by atoms with Crippen molar-refractivity contribution >= 4 is 208 Å². The monoisotopic (exact) mass is 1720 g/mol. The van der Waals surface area contributed by atoms with Crippen molar-refractivity contribution in [1.29, 1.82) is 1.34 Å². The van der Waals surface area contributed by atoms with Gasteiger partial charge < -0.3 is 41.2 Å². The molecule has 10 nitrogen and oxygen atoms in total. The van der Waals surface area contributed by atoms with E-state index in [0.717, 1.165) is 12.1 Å². The van der Waals surface area contributed by atoms with Crippen molar-refractivity contribution < 1.29 is 41.2 Å². The van der Waals surface area contributed by atoms with Crippen LogP contribution in [0.3, 0.4) is 0 Å². The fourth-order valence-electron chi connectivity index (χ4n) is 10.4. The quantitative estimate of drug-likeness (QED) is 0.0442. The molecular formula is C66H159BO10P2SSi18. The van der Waals surface area contributed by atoms with Crippen LogP contribution in [0.2, 0.25) is 252 Å². The summed E-state index contributed by atoms with van der Waals surface area (Å²) in [5.41, 5.74) is 6.56. The van der Waals surface area contributed by atoms with Gasteiger partial charge in [0.05, 0.1) is 28.6 Å². The van der Waals surface area contributed by atoms with Gasteiger partial charge in [-0.1, -0.05) is 177 Å². The minimum atomic E-state index is -2.20. The highest BCUT2D eigenvalue weighted by atomic mass is 32.4. The first-order valence-corrected chi connectivity index (χ1v) is 88.4. The molecule has 3 aromatic rings. The molecule has 0 spiro atoms. The molecule has 0 saturated heterocycles. The van der Waals surface area contributed by atoms with Gasteiger partial charge in [-0.05, 0) is 256 Å². The minimum absolute atomic E-state index is 0. The van der Waals surface area contributed by atoms with E-state index < -0.39 is 126 Å². The van der Waals surface area contributed by atoms with Crippen molar-refractivity contribution in [3.8, 4) is 0 Å². The normalized spacial score (nSPS) is 13.7. The standard InChI is InChI=1S/2C15H32O2Si4.C15H30O2Si4.C9H26O2Si3.C9H24O2Si3.CH5P.2CH4.BH.HPS/c1-14(18-15-12-10-9-11-13-15)21(8,16-19(2,3)4)17-20(5,6)7;2*1-19(2,3)16-21(7,17-20(4,5)6)14-13-18-15-11-9-8-10-12-15;2*1-9-14(8,10-12(2,3)4)11-13(5,6)7;1-2;;;;1-2/h9-14H,18H2,1-8H3;8-12H,13-14,18H2,1-7H3;8-14H,18H2,1-7H3;9H2,1-8H3;9H,1H2,2-8H3;2H2,1H3;2*1H4;1H;1H/b;;14-13+;;;;;;;/i;;;;;;;;1D;. The number of hydrogen-bond donors (Lipinski definition) is 0. The van der Waals surface area contributed by atoms with E-state index in [1.807, 2.05) is 12.4 Å². The first-order valence-electron chi connectivity index (χ1n) is 35.1. The van der Waals surface area contributed by atoms with Gasteiger partial charge in [-0.3, -0.25) is 0 Å². The molecular weight excluding hydrogens is 1560 g/mol. The highest BCUT2D eigenvalue weighted by molar-refractivity contribution is 7.88. The van der Waals surface area contributed by atoms with Crippen LogP contribution in [0.1, 0.15) is 28.7 Å². The average Bonchev–Trinajstić information content (AvgIpc) is 0.826. The Morgan fingerprint density at radius 1 is 0.418 bits per heavy atom. The zero-order valence-corrected chi connectivity index (χ0v) is 91.3. The van der Waals surface area contributed by atoms with E-state index in [1.54, 1.807) is 5.19 Å². The summed E-state index contributed by atoms with van der Waals surface area (Å²) in [6.45, 7) is 88.8. The molecule has 2 atom stereocenters. The van der Waals surface area contributed by atoms with E-state index in [1.165, 1.54) is 16.4 Å². The Hall–Kier alpha value is 1.66. The fraction of sp³-hybridized carbons (Fsp3) is 0.667. The number of rotatable bonds is 32. The number of hydrogen-bond acceptors (Lipinski definition) is 11. The van der Waals surface area contributed by atoms with Crippen molar-refractivity contribution in [2.24, 2.45) is 0 Å². The molecule has 574 valence electrons. The maximum atomic E-state index is 6.66. The lowest BCUT2D eigenvalue weighted by atomic mass is 10.4. The molecule has 3 aromatic carbocycles. The van der Waals surface area contributed by atoms with Crippen LogP contribution < -0.4 is 15.6 Å². The molecule has 0 bridgehead atoms. The van der Waals surface area contributed by atoms with Crippen molar-refractivity contribution in [2.75, 3.05) is 6.66 Å². The van der Waals surface area contributed by atoms with Gasteiger partial charge in [0.25, 0.3) is 0 Å². The van der Waals surface area contributed by atoms with Crippen molar-refractivity contribution in [1.82, 2.24) is 0 Å². The van der Waals surface area contributed by atoms with Gasteiger partial charge in [0, 0.05) is 8.38 Å². The van der Waals surface area contributed by atoms with Crippen LogP contribution in [0.5, 0.6) is 0 Å². The highest BCUT2D eigenvalue weighted by Crippen LogP contribution is 2.31. The van der Waals surface area contributed by atoms with Crippen molar-refractivity contribution in [3.05, 3.63) is 115 Å². The Morgan fingerprint density at radius 2 is 0.673 bits per heavy atom. The van der Waals surface area contributed by atoms with E-state index in [-0.39, 0.29) is 43.4 Å². The summed E-state index contributed by atoms with van der Waals surface area (Å²) in [7, 11) is -18.0. The molecule has 0 heterocycles.